The molecular formula is C27H24Br2N2O6S. The van der Waals surface area contributed by atoms with Crippen LogP contribution >= 0.6 is 43.2 Å². The molecule has 0 amide bonds. The van der Waals surface area contributed by atoms with E-state index in [4.69, 9.17) is 14.2 Å². The van der Waals surface area contributed by atoms with Crippen LogP contribution in [-0.4, -0.2) is 29.7 Å². The second-order valence-electron chi connectivity index (χ2n) is 8.20. The fraction of sp³-hybridized carbons (Fsp3) is 0.259. The summed E-state index contributed by atoms with van der Waals surface area (Å²) in [4.78, 5) is 43.7. The quantitative estimate of drug-likeness (QED) is 0.270. The van der Waals surface area contributed by atoms with E-state index in [-0.39, 0.29) is 17.9 Å². The molecule has 0 fully saturated rings. The fourth-order valence-electron chi connectivity index (χ4n) is 4.10. The minimum Gasteiger partial charge on any atom is -0.494 e. The fourth-order valence-corrected chi connectivity index (χ4v) is 6.48. The first-order chi connectivity index (χ1) is 18.1. The van der Waals surface area contributed by atoms with Crippen molar-refractivity contribution in [1.29, 1.82) is 0 Å². The summed E-state index contributed by atoms with van der Waals surface area (Å²) >= 11 is 8.06. The molecule has 0 unspecified atom stereocenters. The average molecular weight is 664 g/mol. The van der Waals surface area contributed by atoms with Crippen LogP contribution < -0.4 is 24.4 Å². The van der Waals surface area contributed by atoms with Crippen molar-refractivity contribution in [2.45, 2.75) is 33.7 Å². The van der Waals surface area contributed by atoms with Crippen LogP contribution in [-0.2, 0) is 14.3 Å². The van der Waals surface area contributed by atoms with Crippen LogP contribution in [0.15, 0.2) is 66.4 Å². The molecule has 0 spiro atoms. The summed E-state index contributed by atoms with van der Waals surface area (Å²) in [6, 6.07) is 10.0. The average Bonchev–Trinajstić information content (AvgIpc) is 3.15. The van der Waals surface area contributed by atoms with Crippen molar-refractivity contribution in [3.63, 3.8) is 0 Å². The van der Waals surface area contributed by atoms with Gasteiger partial charge in [-0.05, 0) is 72.6 Å². The molecule has 1 aliphatic heterocycles. The van der Waals surface area contributed by atoms with Gasteiger partial charge >= 0.3 is 11.9 Å². The first-order valence-corrected chi connectivity index (χ1v) is 14.1. The van der Waals surface area contributed by atoms with Gasteiger partial charge in [-0.3, -0.25) is 14.2 Å². The van der Waals surface area contributed by atoms with E-state index >= 15 is 0 Å². The molecule has 1 atom stereocenters. The largest absolute Gasteiger partial charge is 0.494 e. The van der Waals surface area contributed by atoms with Gasteiger partial charge in [-0.1, -0.05) is 39.4 Å². The molecule has 0 N–H and O–H groups in total. The number of carbonyl (C=O) groups excluding carboxylic acids is 2. The molecule has 1 aromatic heterocycles. The topological polar surface area (TPSA) is 96.2 Å². The number of benzene rings is 2. The van der Waals surface area contributed by atoms with Gasteiger partial charge in [0.2, 0.25) is 0 Å². The second-order valence-corrected chi connectivity index (χ2v) is 11.0. The van der Waals surface area contributed by atoms with Gasteiger partial charge in [0.15, 0.2) is 10.6 Å². The predicted molar refractivity (Wildman–Crippen MR) is 151 cm³/mol. The molecule has 1 aliphatic rings. The van der Waals surface area contributed by atoms with E-state index in [1.54, 1.807) is 44.2 Å². The summed E-state index contributed by atoms with van der Waals surface area (Å²) in [5, 5.41) is 0. The molecule has 4 rings (SSSR count). The normalized spacial score (nSPS) is 15.1. The number of allylic oxidation sites excluding steroid dienone is 1. The summed E-state index contributed by atoms with van der Waals surface area (Å²) in [7, 11) is 0. The molecule has 2 aromatic carbocycles. The van der Waals surface area contributed by atoms with E-state index in [1.807, 2.05) is 19.1 Å². The molecular weight excluding hydrogens is 640 g/mol. The highest BCUT2D eigenvalue weighted by Crippen LogP contribution is 2.34. The molecule has 0 saturated carbocycles. The maximum Gasteiger partial charge on any atom is 0.338 e. The summed E-state index contributed by atoms with van der Waals surface area (Å²) in [5.41, 5.74) is 1.66. The Morgan fingerprint density at radius 1 is 1.13 bits per heavy atom. The summed E-state index contributed by atoms with van der Waals surface area (Å²) in [6.45, 7) is 7.37. The van der Waals surface area contributed by atoms with Crippen LogP contribution in [0.5, 0.6) is 11.5 Å². The van der Waals surface area contributed by atoms with Gasteiger partial charge in [0, 0.05) is 17.0 Å². The Bertz CT molecular complexity index is 1620. The smallest absolute Gasteiger partial charge is 0.338 e. The van der Waals surface area contributed by atoms with Crippen LogP contribution in [0.3, 0.4) is 0 Å². The summed E-state index contributed by atoms with van der Waals surface area (Å²) in [5.74, 6) is -0.0532. The number of rotatable bonds is 7. The van der Waals surface area contributed by atoms with Crippen LogP contribution in [0.1, 0.15) is 44.9 Å². The van der Waals surface area contributed by atoms with Gasteiger partial charge in [-0.25, -0.2) is 9.79 Å². The number of aromatic nitrogens is 1. The van der Waals surface area contributed by atoms with Gasteiger partial charge in [-0.15, -0.1) is 0 Å². The van der Waals surface area contributed by atoms with Crippen molar-refractivity contribution in [2.75, 3.05) is 13.2 Å². The van der Waals surface area contributed by atoms with Crippen molar-refractivity contribution >= 4 is 61.2 Å². The van der Waals surface area contributed by atoms with Crippen LogP contribution in [0.4, 0.5) is 0 Å². The zero-order valence-electron chi connectivity index (χ0n) is 21.0. The number of ether oxygens (including phenoxy) is 3. The third kappa shape index (κ3) is 5.69. The Balaban J connectivity index is 1.95. The molecule has 3 aromatic rings. The first kappa shape index (κ1) is 28.0. The van der Waals surface area contributed by atoms with Crippen LogP contribution in [0.25, 0.3) is 6.08 Å². The molecule has 0 aliphatic carbocycles. The van der Waals surface area contributed by atoms with E-state index in [2.05, 4.69) is 36.9 Å². The lowest BCUT2D eigenvalue weighted by Gasteiger charge is -2.24. The standard InChI is InChI=1S/C27H24Br2N2O6S/c1-5-35-19-9-7-16(8-10-19)23-22(26(34)36-6-2)14(3)30-27-31(23)25(33)21(38-27)12-17-11-18(28)13-20(29)24(17)37-15(4)32/h7-13,23H,5-6H2,1-4H3/b21-12-/t23-/m0/s1. The third-order valence-electron chi connectivity index (χ3n) is 5.59. The Labute approximate surface area is 239 Å². The van der Waals surface area contributed by atoms with Gasteiger partial charge in [0.05, 0.1) is 39.5 Å². The summed E-state index contributed by atoms with van der Waals surface area (Å²) < 4.78 is 19.5. The van der Waals surface area contributed by atoms with Gasteiger partial charge < -0.3 is 14.2 Å². The zero-order chi connectivity index (χ0) is 27.6. The van der Waals surface area contributed by atoms with E-state index in [0.717, 1.165) is 4.47 Å². The Hall–Kier alpha value is -3.02. The maximum atomic E-state index is 13.9. The number of halogens is 2. The monoisotopic (exact) mass is 662 g/mol. The van der Waals surface area contributed by atoms with E-state index in [0.29, 0.717) is 48.6 Å². The van der Waals surface area contributed by atoms with Crippen molar-refractivity contribution < 1.29 is 23.8 Å². The van der Waals surface area contributed by atoms with E-state index < -0.39 is 18.0 Å². The molecule has 8 nitrogen and oxygen atoms in total. The van der Waals surface area contributed by atoms with Crippen molar-refractivity contribution in [2.24, 2.45) is 4.99 Å². The molecule has 0 radical (unpaired) electrons. The highest BCUT2D eigenvalue weighted by molar-refractivity contribution is 9.11. The van der Waals surface area contributed by atoms with Crippen molar-refractivity contribution in [3.05, 3.63) is 87.4 Å². The molecule has 198 valence electrons. The lowest BCUT2D eigenvalue weighted by molar-refractivity contribution is -0.139. The van der Waals surface area contributed by atoms with Gasteiger partial charge in [0.25, 0.3) is 5.56 Å². The lowest BCUT2D eigenvalue weighted by Crippen LogP contribution is -2.39. The Kier molecular flexibility index (Phi) is 8.69. The third-order valence-corrected chi connectivity index (χ3v) is 7.62. The Morgan fingerprint density at radius 3 is 2.47 bits per heavy atom. The SMILES string of the molecule is CCOC(=O)C1=C(C)N=c2s/c(=C\c3cc(Br)cc(Br)c3OC(C)=O)c(=O)n2[C@H]1c1ccc(OCC)cc1. The Morgan fingerprint density at radius 2 is 1.84 bits per heavy atom. The molecule has 11 heteroatoms. The van der Waals surface area contributed by atoms with Gasteiger partial charge in [-0.2, -0.15) is 0 Å². The molecule has 38 heavy (non-hydrogen) atoms. The number of thiazole rings is 1. The predicted octanol–water partition coefficient (Wildman–Crippen LogP) is 4.65. The number of hydrogen-bond donors (Lipinski definition) is 0. The maximum absolute atomic E-state index is 13.9. The minimum atomic E-state index is -0.745. The summed E-state index contributed by atoms with van der Waals surface area (Å²) in [6.07, 6.45) is 1.65. The highest BCUT2D eigenvalue weighted by Gasteiger charge is 2.33. The molecule has 0 bridgehead atoms. The van der Waals surface area contributed by atoms with Crippen molar-refractivity contribution in [1.82, 2.24) is 4.57 Å². The second kappa shape index (κ2) is 11.8. The number of hydrogen-bond acceptors (Lipinski definition) is 8. The van der Waals surface area contributed by atoms with Crippen LogP contribution in [0.2, 0.25) is 0 Å². The highest BCUT2D eigenvalue weighted by atomic mass is 79.9. The number of nitrogens with zero attached hydrogens (tertiary/aromatic N) is 2. The number of carbonyl (C=O) groups is 2. The molecule has 2 heterocycles. The number of esters is 2. The minimum absolute atomic E-state index is 0.187. The van der Waals surface area contributed by atoms with Crippen LogP contribution in [0, 0.1) is 0 Å². The van der Waals surface area contributed by atoms with E-state index in [9.17, 15) is 14.4 Å². The zero-order valence-corrected chi connectivity index (χ0v) is 25.0. The first-order valence-electron chi connectivity index (χ1n) is 11.7. The van der Waals surface area contributed by atoms with Gasteiger partial charge in [0.1, 0.15) is 5.75 Å². The molecule has 0 saturated heterocycles. The number of fused-ring (bicyclic) bond motifs is 1. The van der Waals surface area contributed by atoms with E-state index in [1.165, 1.54) is 22.8 Å². The van der Waals surface area contributed by atoms with Crippen molar-refractivity contribution in [3.8, 4) is 11.5 Å². The lowest BCUT2D eigenvalue weighted by atomic mass is 9.96.